The fraction of sp³-hybridized carbons (Fsp3) is 0.714. The predicted molar refractivity (Wildman–Crippen MR) is 70.9 cm³/mol. The number of hydrogen-bond acceptors (Lipinski definition) is 4. The number of aryl methyl sites for hydroxylation is 2. The van der Waals surface area contributed by atoms with Crippen molar-refractivity contribution in [3.63, 3.8) is 0 Å². The van der Waals surface area contributed by atoms with E-state index in [0.29, 0.717) is 12.8 Å². The van der Waals surface area contributed by atoms with E-state index < -0.39 is 0 Å². The molecule has 19 heavy (non-hydrogen) atoms. The molecular weight excluding hydrogens is 244 g/mol. The highest BCUT2D eigenvalue weighted by molar-refractivity contribution is 5.76. The minimum absolute atomic E-state index is 0.0583. The Balaban J connectivity index is 1.78. The molecule has 0 saturated carbocycles. The van der Waals surface area contributed by atoms with Crippen molar-refractivity contribution in [3.8, 4) is 0 Å². The summed E-state index contributed by atoms with van der Waals surface area (Å²) in [4.78, 5) is 11.9. The first-order valence-electron chi connectivity index (χ1n) is 6.90. The van der Waals surface area contributed by atoms with Gasteiger partial charge in [0, 0.05) is 18.6 Å². The second-order valence-electron chi connectivity index (χ2n) is 5.21. The van der Waals surface area contributed by atoms with Crippen LogP contribution in [0.1, 0.15) is 43.2 Å². The Kier molecular flexibility index (Phi) is 4.58. The second-order valence-corrected chi connectivity index (χ2v) is 5.21. The third-order valence-corrected chi connectivity index (χ3v) is 3.69. The van der Waals surface area contributed by atoms with Crippen LogP contribution in [0, 0.1) is 13.8 Å². The SMILES string of the molecule is Cc1noc(C)c1CCC(=O)N[C@@H](C)[C@H]1CCCO1. The van der Waals surface area contributed by atoms with Crippen LogP contribution in [0.4, 0.5) is 0 Å². The van der Waals surface area contributed by atoms with Gasteiger partial charge in [-0.2, -0.15) is 0 Å². The standard InChI is InChI=1S/C14H22N2O3/c1-9-12(11(3)19-16-9)6-7-14(17)15-10(2)13-5-4-8-18-13/h10,13H,4-8H2,1-3H3,(H,15,17)/t10-,13+/m0/s1. The maximum absolute atomic E-state index is 11.9. The maximum atomic E-state index is 11.9. The summed E-state index contributed by atoms with van der Waals surface area (Å²) in [5.74, 6) is 0.862. The zero-order valence-corrected chi connectivity index (χ0v) is 11.9. The van der Waals surface area contributed by atoms with Crippen LogP contribution in [-0.4, -0.2) is 29.8 Å². The minimum atomic E-state index is 0.0583. The molecule has 1 amide bonds. The number of amides is 1. The summed E-state index contributed by atoms with van der Waals surface area (Å²) in [6.07, 6.45) is 3.42. The van der Waals surface area contributed by atoms with Gasteiger partial charge in [-0.1, -0.05) is 5.16 Å². The molecule has 0 bridgehead atoms. The molecule has 0 aromatic carbocycles. The molecule has 0 spiro atoms. The number of carbonyl (C=O) groups is 1. The van der Waals surface area contributed by atoms with Crippen LogP contribution in [0.5, 0.6) is 0 Å². The van der Waals surface area contributed by atoms with E-state index in [-0.39, 0.29) is 18.1 Å². The van der Waals surface area contributed by atoms with Crippen molar-refractivity contribution in [1.29, 1.82) is 0 Å². The Bertz CT molecular complexity index is 416. The third-order valence-electron chi connectivity index (χ3n) is 3.69. The molecule has 2 atom stereocenters. The van der Waals surface area contributed by atoms with Crippen LogP contribution in [-0.2, 0) is 16.0 Å². The minimum Gasteiger partial charge on any atom is -0.376 e. The largest absolute Gasteiger partial charge is 0.376 e. The van der Waals surface area contributed by atoms with Crippen molar-refractivity contribution in [2.75, 3.05) is 6.61 Å². The van der Waals surface area contributed by atoms with Crippen molar-refractivity contribution < 1.29 is 14.1 Å². The first-order chi connectivity index (χ1) is 9.08. The summed E-state index contributed by atoms with van der Waals surface area (Å²) in [5.41, 5.74) is 1.91. The molecular formula is C14H22N2O3. The summed E-state index contributed by atoms with van der Waals surface area (Å²) in [6.45, 7) is 6.59. The Morgan fingerprint density at radius 3 is 2.89 bits per heavy atom. The summed E-state index contributed by atoms with van der Waals surface area (Å²) < 4.78 is 10.7. The zero-order chi connectivity index (χ0) is 13.8. The molecule has 1 saturated heterocycles. The number of hydrogen-bond donors (Lipinski definition) is 1. The zero-order valence-electron chi connectivity index (χ0n) is 11.9. The lowest BCUT2D eigenvalue weighted by Crippen LogP contribution is -2.40. The van der Waals surface area contributed by atoms with Gasteiger partial charge in [0.1, 0.15) is 5.76 Å². The number of nitrogens with zero attached hydrogens (tertiary/aromatic N) is 1. The van der Waals surface area contributed by atoms with Crippen molar-refractivity contribution in [2.24, 2.45) is 0 Å². The third kappa shape index (κ3) is 3.56. The average molecular weight is 266 g/mol. The Hall–Kier alpha value is -1.36. The van der Waals surface area contributed by atoms with E-state index in [1.807, 2.05) is 20.8 Å². The molecule has 106 valence electrons. The first-order valence-corrected chi connectivity index (χ1v) is 6.90. The molecule has 1 aliphatic heterocycles. The van der Waals surface area contributed by atoms with E-state index in [0.717, 1.165) is 36.5 Å². The van der Waals surface area contributed by atoms with E-state index in [2.05, 4.69) is 10.5 Å². The lowest BCUT2D eigenvalue weighted by atomic mass is 10.1. The fourth-order valence-electron chi connectivity index (χ4n) is 2.51. The van der Waals surface area contributed by atoms with Crippen LogP contribution in [0.25, 0.3) is 0 Å². The summed E-state index contributed by atoms with van der Waals surface area (Å²) in [7, 11) is 0. The summed E-state index contributed by atoms with van der Waals surface area (Å²) in [5, 5.41) is 6.90. The molecule has 1 N–H and O–H groups in total. The Morgan fingerprint density at radius 2 is 2.32 bits per heavy atom. The molecule has 1 aromatic heterocycles. The van der Waals surface area contributed by atoms with Gasteiger partial charge in [0.15, 0.2) is 0 Å². The lowest BCUT2D eigenvalue weighted by molar-refractivity contribution is -0.122. The number of nitrogens with one attached hydrogen (secondary N) is 1. The first kappa shape index (κ1) is 14.1. The highest BCUT2D eigenvalue weighted by Gasteiger charge is 2.23. The van der Waals surface area contributed by atoms with Crippen molar-refractivity contribution in [2.45, 2.75) is 58.6 Å². The molecule has 1 aromatic rings. The molecule has 1 fully saturated rings. The van der Waals surface area contributed by atoms with Crippen molar-refractivity contribution >= 4 is 5.91 Å². The number of carbonyl (C=O) groups excluding carboxylic acids is 1. The summed E-state index contributed by atoms with van der Waals surface area (Å²) in [6, 6.07) is 0.0830. The van der Waals surface area contributed by atoms with Crippen LogP contribution in [0.3, 0.4) is 0 Å². The molecule has 2 rings (SSSR count). The van der Waals surface area contributed by atoms with E-state index in [4.69, 9.17) is 9.26 Å². The van der Waals surface area contributed by atoms with Gasteiger partial charge in [-0.05, 0) is 40.0 Å². The molecule has 1 aliphatic rings. The molecule has 5 nitrogen and oxygen atoms in total. The predicted octanol–water partition coefficient (Wildman–Crippen LogP) is 1.91. The fourth-order valence-corrected chi connectivity index (χ4v) is 2.51. The second kappa shape index (κ2) is 6.19. The topological polar surface area (TPSA) is 64.4 Å². The number of rotatable bonds is 5. The van der Waals surface area contributed by atoms with E-state index in [1.54, 1.807) is 0 Å². The highest BCUT2D eigenvalue weighted by Crippen LogP contribution is 2.16. The van der Waals surface area contributed by atoms with Gasteiger partial charge in [0.25, 0.3) is 0 Å². The monoisotopic (exact) mass is 266 g/mol. The smallest absolute Gasteiger partial charge is 0.220 e. The van der Waals surface area contributed by atoms with Crippen LogP contribution in [0.15, 0.2) is 4.52 Å². The lowest BCUT2D eigenvalue weighted by Gasteiger charge is -2.19. The number of ether oxygens (including phenoxy) is 1. The van der Waals surface area contributed by atoms with Crippen LogP contribution < -0.4 is 5.32 Å². The molecule has 0 radical (unpaired) electrons. The van der Waals surface area contributed by atoms with Gasteiger partial charge in [0.05, 0.1) is 17.8 Å². The number of aromatic nitrogens is 1. The van der Waals surface area contributed by atoms with Crippen LogP contribution in [0.2, 0.25) is 0 Å². The molecule has 0 aliphatic carbocycles. The highest BCUT2D eigenvalue weighted by atomic mass is 16.5. The Labute approximate surface area is 113 Å². The van der Waals surface area contributed by atoms with Gasteiger partial charge in [-0.25, -0.2) is 0 Å². The normalized spacial score (nSPS) is 20.5. The molecule has 2 heterocycles. The molecule has 0 unspecified atom stereocenters. The van der Waals surface area contributed by atoms with Gasteiger partial charge >= 0.3 is 0 Å². The van der Waals surface area contributed by atoms with E-state index >= 15 is 0 Å². The van der Waals surface area contributed by atoms with Gasteiger partial charge < -0.3 is 14.6 Å². The quantitative estimate of drug-likeness (QED) is 0.884. The van der Waals surface area contributed by atoms with Crippen molar-refractivity contribution in [3.05, 3.63) is 17.0 Å². The van der Waals surface area contributed by atoms with Gasteiger partial charge in [-0.3, -0.25) is 4.79 Å². The summed E-state index contributed by atoms with van der Waals surface area (Å²) >= 11 is 0. The van der Waals surface area contributed by atoms with Crippen LogP contribution >= 0.6 is 0 Å². The van der Waals surface area contributed by atoms with E-state index in [9.17, 15) is 4.79 Å². The van der Waals surface area contributed by atoms with Crippen molar-refractivity contribution in [1.82, 2.24) is 10.5 Å². The maximum Gasteiger partial charge on any atom is 0.220 e. The van der Waals surface area contributed by atoms with Gasteiger partial charge in [0.2, 0.25) is 5.91 Å². The Morgan fingerprint density at radius 1 is 1.53 bits per heavy atom. The average Bonchev–Trinajstić information content (AvgIpc) is 2.98. The molecule has 5 heteroatoms. The van der Waals surface area contributed by atoms with E-state index in [1.165, 1.54) is 0 Å². The van der Waals surface area contributed by atoms with Gasteiger partial charge in [-0.15, -0.1) is 0 Å².